The second kappa shape index (κ2) is 5.95. The molecular weight excluding hydrogens is 270 g/mol. The fourth-order valence-electron chi connectivity index (χ4n) is 2.38. The highest BCUT2D eigenvalue weighted by Crippen LogP contribution is 2.28. The molecule has 2 heterocycles. The van der Waals surface area contributed by atoms with Crippen LogP contribution in [0.2, 0.25) is 0 Å². The second-order valence-corrected chi connectivity index (χ2v) is 5.45. The van der Waals surface area contributed by atoms with Gasteiger partial charge in [-0.05, 0) is 26.7 Å². The third-order valence-electron chi connectivity index (χ3n) is 3.80. The highest BCUT2D eigenvalue weighted by Gasteiger charge is 2.42. The molecule has 1 aliphatic heterocycles. The Bertz CT molecular complexity index is 601. The summed E-state index contributed by atoms with van der Waals surface area (Å²) in [7, 11) is 0. The molecule has 1 aromatic heterocycles. The highest BCUT2D eigenvalue weighted by molar-refractivity contribution is 6.10. The van der Waals surface area contributed by atoms with Gasteiger partial charge in [-0.2, -0.15) is 10.4 Å². The number of hydrogen-bond acceptors (Lipinski definition) is 4. The molecular formula is C14H19N5O2. The number of carbonyl (C=O) groups excluding carboxylic acids is 2. The number of rotatable bonds is 4. The van der Waals surface area contributed by atoms with Gasteiger partial charge in [-0.15, -0.1) is 0 Å². The first-order chi connectivity index (χ1) is 9.97. The Morgan fingerprint density at radius 1 is 1.67 bits per heavy atom. The molecule has 21 heavy (non-hydrogen) atoms. The summed E-state index contributed by atoms with van der Waals surface area (Å²) in [6, 6.07) is 3.79. The molecule has 0 saturated carbocycles. The van der Waals surface area contributed by atoms with Crippen molar-refractivity contribution in [2.45, 2.75) is 39.7 Å². The van der Waals surface area contributed by atoms with Gasteiger partial charge in [0.05, 0.1) is 19.0 Å². The molecule has 0 bridgehead atoms. The van der Waals surface area contributed by atoms with Crippen molar-refractivity contribution in [1.29, 1.82) is 5.26 Å². The first-order valence-corrected chi connectivity index (χ1v) is 6.98. The lowest BCUT2D eigenvalue weighted by atomic mass is 9.81. The molecule has 0 spiro atoms. The lowest BCUT2D eigenvalue weighted by Gasteiger charge is -2.30. The number of amides is 2. The molecule has 1 aromatic rings. The van der Waals surface area contributed by atoms with Crippen LogP contribution in [0.25, 0.3) is 0 Å². The van der Waals surface area contributed by atoms with Gasteiger partial charge in [-0.25, -0.2) is 0 Å². The highest BCUT2D eigenvalue weighted by atomic mass is 16.2. The predicted octanol–water partition coefficient (Wildman–Crippen LogP) is 0.960. The van der Waals surface area contributed by atoms with Gasteiger partial charge in [-0.1, -0.05) is 0 Å². The summed E-state index contributed by atoms with van der Waals surface area (Å²) in [5.41, 5.74) is -0.193. The van der Waals surface area contributed by atoms with E-state index in [2.05, 4.69) is 21.8 Å². The minimum atomic E-state index is -1.05. The number of anilines is 1. The maximum absolute atomic E-state index is 12.4. The predicted molar refractivity (Wildman–Crippen MR) is 76.2 cm³/mol. The van der Waals surface area contributed by atoms with Gasteiger partial charge in [0.25, 0.3) is 0 Å². The van der Waals surface area contributed by atoms with Crippen molar-refractivity contribution >= 4 is 17.6 Å². The monoisotopic (exact) mass is 289 g/mol. The van der Waals surface area contributed by atoms with E-state index in [0.717, 1.165) is 12.1 Å². The number of aryl methyl sites for hydroxylation is 2. The van der Waals surface area contributed by atoms with Gasteiger partial charge in [-0.3, -0.25) is 14.3 Å². The van der Waals surface area contributed by atoms with Crippen molar-refractivity contribution < 1.29 is 9.59 Å². The van der Waals surface area contributed by atoms with Crippen LogP contribution in [0.4, 0.5) is 5.82 Å². The average Bonchev–Trinajstić information content (AvgIpc) is 2.79. The maximum atomic E-state index is 12.4. The van der Waals surface area contributed by atoms with Crippen LogP contribution in [-0.4, -0.2) is 28.1 Å². The minimum absolute atomic E-state index is 0.244. The summed E-state index contributed by atoms with van der Waals surface area (Å²) in [4.78, 5) is 24.3. The second-order valence-electron chi connectivity index (χ2n) is 5.45. The fraction of sp³-hybridized carbons (Fsp3) is 0.571. The largest absolute Gasteiger partial charge is 0.355 e. The standard InChI is InChI=1S/C14H19N5O2/c1-10-9-11(18-19(10)8-4-6-15)17-13(21)14(2)5-3-7-16-12(14)20/h9H,3-5,7-8H2,1-2H3,(H,16,20)(H,17,18,21). The molecule has 0 aliphatic carbocycles. The van der Waals surface area contributed by atoms with E-state index in [1.165, 1.54) is 0 Å². The van der Waals surface area contributed by atoms with Crippen molar-refractivity contribution in [3.63, 3.8) is 0 Å². The summed E-state index contributed by atoms with van der Waals surface area (Å²) in [5, 5.41) is 18.3. The first kappa shape index (κ1) is 15.0. The summed E-state index contributed by atoms with van der Waals surface area (Å²) in [5.74, 6) is -0.174. The minimum Gasteiger partial charge on any atom is -0.355 e. The van der Waals surface area contributed by atoms with Crippen molar-refractivity contribution in [3.05, 3.63) is 11.8 Å². The molecule has 7 nitrogen and oxygen atoms in total. The number of nitrogens with one attached hydrogen (secondary N) is 2. The van der Waals surface area contributed by atoms with Crippen LogP contribution in [0, 0.1) is 23.7 Å². The molecule has 112 valence electrons. The van der Waals surface area contributed by atoms with Gasteiger partial charge in [0, 0.05) is 18.3 Å². The van der Waals surface area contributed by atoms with Gasteiger partial charge in [0.1, 0.15) is 5.41 Å². The molecule has 1 fully saturated rings. The quantitative estimate of drug-likeness (QED) is 0.806. The van der Waals surface area contributed by atoms with Gasteiger partial charge in [0.2, 0.25) is 11.8 Å². The number of aromatic nitrogens is 2. The zero-order chi connectivity index (χ0) is 15.5. The topological polar surface area (TPSA) is 99.8 Å². The van der Waals surface area contributed by atoms with E-state index in [1.807, 2.05) is 6.92 Å². The normalized spacial score (nSPS) is 21.5. The zero-order valence-electron chi connectivity index (χ0n) is 12.3. The zero-order valence-corrected chi connectivity index (χ0v) is 12.3. The van der Waals surface area contributed by atoms with E-state index in [1.54, 1.807) is 17.7 Å². The molecule has 0 aromatic carbocycles. The summed E-state index contributed by atoms with van der Waals surface area (Å²) >= 11 is 0. The summed E-state index contributed by atoms with van der Waals surface area (Å²) in [6.45, 7) is 4.60. The van der Waals surface area contributed by atoms with Crippen molar-refractivity contribution in [2.75, 3.05) is 11.9 Å². The van der Waals surface area contributed by atoms with Gasteiger partial charge >= 0.3 is 0 Å². The third kappa shape index (κ3) is 3.05. The van der Waals surface area contributed by atoms with Crippen molar-refractivity contribution in [1.82, 2.24) is 15.1 Å². The van der Waals surface area contributed by atoms with Crippen LogP contribution in [0.5, 0.6) is 0 Å². The lowest BCUT2D eigenvalue weighted by Crippen LogP contribution is -2.50. The van der Waals surface area contributed by atoms with Gasteiger partial charge in [0.15, 0.2) is 5.82 Å². The number of hydrogen-bond donors (Lipinski definition) is 2. The number of carbonyl (C=O) groups is 2. The molecule has 1 unspecified atom stereocenters. The molecule has 2 amide bonds. The van der Waals surface area contributed by atoms with E-state index >= 15 is 0 Å². The average molecular weight is 289 g/mol. The number of piperidine rings is 1. The fourth-order valence-corrected chi connectivity index (χ4v) is 2.38. The number of nitrogens with zero attached hydrogens (tertiary/aromatic N) is 3. The SMILES string of the molecule is Cc1cc(NC(=O)C2(C)CCCNC2=O)nn1CCC#N. The maximum Gasteiger partial charge on any atom is 0.240 e. The van der Waals surface area contributed by atoms with E-state index in [-0.39, 0.29) is 11.8 Å². The Morgan fingerprint density at radius 2 is 2.43 bits per heavy atom. The molecule has 1 saturated heterocycles. The third-order valence-corrected chi connectivity index (χ3v) is 3.80. The Labute approximate surface area is 123 Å². The molecule has 7 heteroatoms. The van der Waals surface area contributed by atoms with Crippen LogP contribution < -0.4 is 10.6 Å². The molecule has 1 atom stereocenters. The number of nitriles is 1. The van der Waals surface area contributed by atoms with E-state index in [4.69, 9.17) is 5.26 Å². The van der Waals surface area contributed by atoms with E-state index in [0.29, 0.717) is 31.7 Å². The first-order valence-electron chi connectivity index (χ1n) is 6.98. The van der Waals surface area contributed by atoms with Gasteiger partial charge < -0.3 is 10.6 Å². The Hall–Kier alpha value is -2.36. The Morgan fingerprint density at radius 3 is 3.10 bits per heavy atom. The molecule has 1 aliphatic rings. The smallest absolute Gasteiger partial charge is 0.240 e. The molecule has 2 N–H and O–H groups in total. The molecule has 2 rings (SSSR count). The Balaban J connectivity index is 2.09. The van der Waals surface area contributed by atoms with Crippen molar-refractivity contribution in [3.8, 4) is 6.07 Å². The van der Waals surface area contributed by atoms with Crippen LogP contribution in [0.3, 0.4) is 0 Å². The lowest BCUT2D eigenvalue weighted by molar-refractivity contribution is -0.141. The Kier molecular flexibility index (Phi) is 4.26. The van der Waals surface area contributed by atoms with Crippen LogP contribution >= 0.6 is 0 Å². The van der Waals surface area contributed by atoms with Crippen LogP contribution in [-0.2, 0) is 16.1 Å². The molecule has 0 radical (unpaired) electrons. The van der Waals surface area contributed by atoms with Crippen LogP contribution in [0.1, 0.15) is 31.9 Å². The van der Waals surface area contributed by atoms with E-state index < -0.39 is 5.41 Å². The van der Waals surface area contributed by atoms with Crippen molar-refractivity contribution in [2.24, 2.45) is 5.41 Å². The summed E-state index contributed by atoms with van der Waals surface area (Å²) < 4.78 is 1.67. The van der Waals surface area contributed by atoms with E-state index in [9.17, 15) is 9.59 Å². The van der Waals surface area contributed by atoms with Crippen LogP contribution in [0.15, 0.2) is 6.07 Å². The summed E-state index contributed by atoms with van der Waals surface area (Å²) in [6.07, 6.45) is 1.67.